The van der Waals surface area contributed by atoms with Crippen LogP contribution < -0.4 is 10.6 Å². The minimum Gasteiger partial charge on any atom is -0.481 e. The van der Waals surface area contributed by atoms with Gasteiger partial charge in [0.2, 0.25) is 5.91 Å². The highest BCUT2D eigenvalue weighted by Crippen LogP contribution is 2.44. The summed E-state index contributed by atoms with van der Waals surface area (Å²) >= 11 is 0. The van der Waals surface area contributed by atoms with Crippen LogP contribution in [0.4, 0.5) is 4.79 Å². The molecule has 188 valence electrons. The molecule has 0 bridgehead atoms. The van der Waals surface area contributed by atoms with Gasteiger partial charge in [-0.1, -0.05) is 69.3 Å². The van der Waals surface area contributed by atoms with Crippen LogP contribution in [0.2, 0.25) is 0 Å². The van der Waals surface area contributed by atoms with E-state index in [2.05, 4.69) is 34.9 Å². The van der Waals surface area contributed by atoms with Gasteiger partial charge in [0.15, 0.2) is 0 Å². The van der Waals surface area contributed by atoms with Crippen LogP contribution in [0.3, 0.4) is 0 Å². The predicted octanol–water partition coefficient (Wildman–Crippen LogP) is 4.95. The van der Waals surface area contributed by atoms with Gasteiger partial charge in [0.25, 0.3) is 0 Å². The van der Waals surface area contributed by atoms with Crippen LogP contribution in [0.5, 0.6) is 0 Å². The van der Waals surface area contributed by atoms with Crippen molar-refractivity contribution in [1.29, 1.82) is 0 Å². The molecule has 2 atom stereocenters. The third kappa shape index (κ3) is 7.31. The molecule has 2 amide bonds. The zero-order chi connectivity index (χ0) is 25.4. The molecular weight excluding hydrogens is 444 g/mol. The van der Waals surface area contributed by atoms with Gasteiger partial charge in [-0.2, -0.15) is 0 Å². The van der Waals surface area contributed by atoms with E-state index in [1.54, 1.807) is 0 Å². The lowest BCUT2D eigenvalue weighted by Gasteiger charge is -2.20. The number of aliphatic carboxylic acids is 1. The van der Waals surface area contributed by atoms with Crippen molar-refractivity contribution < 1.29 is 24.2 Å². The molecule has 0 heterocycles. The maximum Gasteiger partial charge on any atom is 0.407 e. The molecule has 2 aromatic carbocycles. The maximum absolute atomic E-state index is 12.6. The number of carbonyl (C=O) groups excluding carboxylic acids is 2. The smallest absolute Gasteiger partial charge is 0.407 e. The average molecular weight is 481 g/mol. The number of hydrogen-bond acceptors (Lipinski definition) is 4. The Morgan fingerprint density at radius 1 is 0.971 bits per heavy atom. The molecule has 1 unspecified atom stereocenters. The lowest BCUT2D eigenvalue weighted by atomic mass is 9.94. The minimum atomic E-state index is -0.867. The van der Waals surface area contributed by atoms with Crippen molar-refractivity contribution in [2.75, 3.05) is 13.2 Å². The van der Waals surface area contributed by atoms with Crippen LogP contribution in [0.25, 0.3) is 11.1 Å². The number of hydrogen-bond donors (Lipinski definition) is 3. The van der Waals surface area contributed by atoms with Crippen LogP contribution in [0, 0.1) is 11.8 Å². The Labute approximate surface area is 207 Å². The predicted molar refractivity (Wildman–Crippen MR) is 135 cm³/mol. The average Bonchev–Trinajstić information content (AvgIpc) is 3.14. The summed E-state index contributed by atoms with van der Waals surface area (Å²) in [5.74, 6) is -0.881. The second-order valence-corrected chi connectivity index (χ2v) is 9.68. The van der Waals surface area contributed by atoms with Gasteiger partial charge in [-0.05, 0) is 46.9 Å². The number of amides is 2. The Hall–Kier alpha value is -3.35. The van der Waals surface area contributed by atoms with Gasteiger partial charge < -0.3 is 20.5 Å². The summed E-state index contributed by atoms with van der Waals surface area (Å²) < 4.78 is 5.59. The molecule has 3 N–H and O–H groups in total. The molecule has 0 spiro atoms. The first-order valence-electron chi connectivity index (χ1n) is 12.4. The highest BCUT2D eigenvalue weighted by atomic mass is 16.5. The number of nitrogens with one attached hydrogen (secondary N) is 2. The summed E-state index contributed by atoms with van der Waals surface area (Å²) in [6, 6.07) is 15.9. The van der Waals surface area contributed by atoms with Crippen molar-refractivity contribution in [3.8, 4) is 11.1 Å². The molecule has 7 nitrogen and oxygen atoms in total. The van der Waals surface area contributed by atoms with Gasteiger partial charge in [-0.15, -0.1) is 0 Å². The molecule has 0 fully saturated rings. The zero-order valence-corrected chi connectivity index (χ0v) is 20.8. The largest absolute Gasteiger partial charge is 0.481 e. The summed E-state index contributed by atoms with van der Waals surface area (Å²) in [6.45, 7) is 6.48. The Balaban J connectivity index is 1.50. The molecule has 7 heteroatoms. The van der Waals surface area contributed by atoms with E-state index in [4.69, 9.17) is 9.84 Å². The monoisotopic (exact) mass is 480 g/mol. The summed E-state index contributed by atoms with van der Waals surface area (Å²) in [7, 11) is 0. The Bertz CT molecular complexity index is 990. The molecule has 0 saturated heterocycles. The summed E-state index contributed by atoms with van der Waals surface area (Å²) in [4.78, 5) is 36.1. The first-order chi connectivity index (χ1) is 16.8. The molecule has 1 aliphatic carbocycles. The number of benzene rings is 2. The first-order valence-corrected chi connectivity index (χ1v) is 12.4. The van der Waals surface area contributed by atoms with E-state index < -0.39 is 12.1 Å². The highest BCUT2D eigenvalue weighted by Gasteiger charge is 2.29. The standard InChI is InChI=1S/C28H36N2O5/c1-4-20(15-26(31)29-16-19(13-18(2)3)14-27(32)33)30-28(34)35-17-25-23-11-7-5-9-21(23)22-10-6-8-12-24(22)25/h5-12,18-20,25H,4,13-17H2,1-3H3,(H,29,31)(H,30,34)(H,32,33)/t19-,20?/m0/s1. The molecule has 35 heavy (non-hydrogen) atoms. The molecule has 0 saturated carbocycles. The fourth-order valence-electron chi connectivity index (χ4n) is 4.81. The first kappa shape index (κ1) is 26.3. The second-order valence-electron chi connectivity index (χ2n) is 9.68. The van der Waals surface area contributed by atoms with E-state index in [0.29, 0.717) is 18.9 Å². The van der Waals surface area contributed by atoms with E-state index in [-0.39, 0.29) is 43.2 Å². The van der Waals surface area contributed by atoms with Crippen LogP contribution >= 0.6 is 0 Å². The van der Waals surface area contributed by atoms with Crippen molar-refractivity contribution in [3.05, 3.63) is 59.7 Å². The second kappa shape index (κ2) is 12.4. The summed E-state index contributed by atoms with van der Waals surface area (Å²) in [6.07, 6.45) is 0.884. The molecule has 2 aromatic rings. The summed E-state index contributed by atoms with van der Waals surface area (Å²) in [5.41, 5.74) is 4.62. The summed E-state index contributed by atoms with van der Waals surface area (Å²) in [5, 5.41) is 14.7. The van der Waals surface area contributed by atoms with Crippen LogP contribution in [-0.2, 0) is 14.3 Å². The third-order valence-corrected chi connectivity index (χ3v) is 6.45. The van der Waals surface area contributed by atoms with Crippen molar-refractivity contribution in [2.24, 2.45) is 11.8 Å². The number of carbonyl (C=O) groups is 3. The molecule has 0 radical (unpaired) electrons. The molecule has 0 aromatic heterocycles. The lowest BCUT2D eigenvalue weighted by molar-refractivity contribution is -0.138. The number of fused-ring (bicyclic) bond motifs is 3. The Morgan fingerprint density at radius 3 is 2.11 bits per heavy atom. The number of carboxylic acid groups (broad SMARTS) is 1. The van der Waals surface area contributed by atoms with Crippen LogP contribution in [-0.4, -0.2) is 42.3 Å². The Kier molecular flexibility index (Phi) is 9.29. The molecule has 0 aliphatic heterocycles. The number of carboxylic acids is 1. The van der Waals surface area contributed by atoms with Gasteiger partial charge in [0.1, 0.15) is 6.61 Å². The van der Waals surface area contributed by atoms with Crippen LogP contribution in [0.1, 0.15) is 63.5 Å². The molecular formula is C28H36N2O5. The molecule has 3 rings (SSSR count). The number of rotatable bonds is 12. The normalized spacial score (nSPS) is 14.1. The van der Waals surface area contributed by atoms with E-state index >= 15 is 0 Å². The number of alkyl carbamates (subject to hydrolysis) is 1. The van der Waals surface area contributed by atoms with Gasteiger partial charge >= 0.3 is 12.1 Å². The SMILES string of the molecule is CCC(CC(=O)NC[C@H](CC(=O)O)CC(C)C)NC(=O)OCC1c2ccccc2-c2ccccc21. The topological polar surface area (TPSA) is 105 Å². The van der Waals surface area contributed by atoms with E-state index in [1.807, 2.05) is 45.0 Å². The van der Waals surface area contributed by atoms with Crippen molar-refractivity contribution in [3.63, 3.8) is 0 Å². The van der Waals surface area contributed by atoms with Crippen molar-refractivity contribution in [1.82, 2.24) is 10.6 Å². The van der Waals surface area contributed by atoms with Gasteiger partial charge in [-0.25, -0.2) is 4.79 Å². The van der Waals surface area contributed by atoms with E-state index in [0.717, 1.165) is 17.5 Å². The number of ether oxygens (including phenoxy) is 1. The lowest BCUT2D eigenvalue weighted by Crippen LogP contribution is -2.40. The molecule has 1 aliphatic rings. The Morgan fingerprint density at radius 2 is 1.57 bits per heavy atom. The van der Waals surface area contributed by atoms with E-state index in [1.165, 1.54) is 11.1 Å². The maximum atomic E-state index is 12.6. The fourth-order valence-corrected chi connectivity index (χ4v) is 4.81. The third-order valence-electron chi connectivity index (χ3n) is 6.45. The quantitative estimate of drug-likeness (QED) is 0.399. The fraction of sp³-hybridized carbons (Fsp3) is 0.464. The minimum absolute atomic E-state index is 0.0215. The van der Waals surface area contributed by atoms with Crippen molar-refractivity contribution in [2.45, 2.75) is 58.4 Å². The van der Waals surface area contributed by atoms with Gasteiger partial charge in [-0.3, -0.25) is 9.59 Å². The van der Waals surface area contributed by atoms with Gasteiger partial charge in [0.05, 0.1) is 0 Å². The zero-order valence-electron chi connectivity index (χ0n) is 20.8. The van der Waals surface area contributed by atoms with Gasteiger partial charge in [0, 0.05) is 31.3 Å². The van der Waals surface area contributed by atoms with E-state index in [9.17, 15) is 14.4 Å². The van der Waals surface area contributed by atoms with Crippen LogP contribution in [0.15, 0.2) is 48.5 Å². The highest BCUT2D eigenvalue weighted by molar-refractivity contribution is 5.79. The van der Waals surface area contributed by atoms with Crippen molar-refractivity contribution >= 4 is 18.0 Å².